The lowest BCUT2D eigenvalue weighted by Crippen LogP contribution is -2.24. The molecule has 1 nitrogen and oxygen atoms in total. The number of rotatable bonds is 3. The zero-order valence-corrected chi connectivity index (χ0v) is 13.5. The van der Waals surface area contributed by atoms with Crippen LogP contribution in [0.2, 0.25) is 0 Å². The highest BCUT2D eigenvalue weighted by molar-refractivity contribution is 9.10. The maximum Gasteiger partial charge on any atom is 0.134 e. The molecule has 1 fully saturated rings. The van der Waals surface area contributed by atoms with Gasteiger partial charge in [-0.05, 0) is 64.4 Å². The lowest BCUT2D eigenvalue weighted by atomic mass is 9.86. The van der Waals surface area contributed by atoms with Gasteiger partial charge < -0.3 is 4.74 Å². The van der Waals surface area contributed by atoms with Crippen molar-refractivity contribution in [2.24, 2.45) is 5.92 Å². The van der Waals surface area contributed by atoms with Gasteiger partial charge in [0.2, 0.25) is 0 Å². The van der Waals surface area contributed by atoms with E-state index in [1.807, 2.05) is 0 Å². The maximum absolute atomic E-state index is 6.24. The Hall–Kier alpha value is -1.02. The van der Waals surface area contributed by atoms with E-state index in [4.69, 9.17) is 4.74 Å². The third-order valence-corrected chi connectivity index (χ3v) is 5.31. The molecule has 0 saturated heterocycles. The highest BCUT2D eigenvalue weighted by Gasteiger charge is 2.22. The van der Waals surface area contributed by atoms with Gasteiger partial charge in [0.15, 0.2) is 0 Å². The third kappa shape index (κ3) is 2.85. The first-order chi connectivity index (χ1) is 9.78. The lowest BCUT2D eigenvalue weighted by Gasteiger charge is -2.28. The Morgan fingerprint density at radius 1 is 1.05 bits per heavy atom. The molecule has 0 aromatic heterocycles. The molecule has 2 heteroatoms. The van der Waals surface area contributed by atoms with E-state index in [9.17, 15) is 0 Å². The number of hydrogen-bond donors (Lipinski definition) is 0. The molecule has 1 saturated carbocycles. The van der Waals surface area contributed by atoms with Crippen LogP contribution in [0.25, 0.3) is 10.8 Å². The van der Waals surface area contributed by atoms with Crippen molar-refractivity contribution in [2.45, 2.75) is 45.1 Å². The molecule has 0 amide bonds. The van der Waals surface area contributed by atoms with E-state index in [0.29, 0.717) is 6.10 Å². The minimum atomic E-state index is 0.385. The van der Waals surface area contributed by atoms with Crippen LogP contribution in [0.15, 0.2) is 40.9 Å². The second-order valence-electron chi connectivity index (χ2n) is 5.77. The van der Waals surface area contributed by atoms with Crippen molar-refractivity contribution in [3.05, 3.63) is 40.9 Å². The fourth-order valence-corrected chi connectivity index (χ4v) is 3.73. The van der Waals surface area contributed by atoms with Gasteiger partial charge in [-0.1, -0.05) is 43.7 Å². The van der Waals surface area contributed by atoms with Crippen molar-refractivity contribution in [2.75, 3.05) is 0 Å². The molecule has 0 spiro atoms. The van der Waals surface area contributed by atoms with Crippen LogP contribution in [0.4, 0.5) is 0 Å². The van der Waals surface area contributed by atoms with Crippen LogP contribution in [0, 0.1) is 5.92 Å². The smallest absolute Gasteiger partial charge is 0.134 e. The molecule has 0 unspecified atom stereocenters. The normalized spacial score (nSPS) is 22.9. The highest BCUT2D eigenvalue weighted by Crippen LogP contribution is 2.36. The van der Waals surface area contributed by atoms with Crippen LogP contribution in [0.5, 0.6) is 5.75 Å². The van der Waals surface area contributed by atoms with Gasteiger partial charge in [-0.2, -0.15) is 0 Å². The molecule has 0 N–H and O–H groups in total. The van der Waals surface area contributed by atoms with Crippen LogP contribution < -0.4 is 4.74 Å². The summed E-state index contributed by atoms with van der Waals surface area (Å²) in [7, 11) is 0. The molecule has 106 valence electrons. The largest absolute Gasteiger partial charge is 0.489 e. The zero-order chi connectivity index (χ0) is 13.9. The molecule has 2 aromatic rings. The first kappa shape index (κ1) is 13.9. The van der Waals surface area contributed by atoms with Gasteiger partial charge in [0, 0.05) is 0 Å². The summed E-state index contributed by atoms with van der Waals surface area (Å²) in [5, 5.41) is 2.48. The van der Waals surface area contributed by atoms with Gasteiger partial charge >= 0.3 is 0 Å². The van der Waals surface area contributed by atoms with E-state index in [1.54, 1.807) is 0 Å². The van der Waals surface area contributed by atoms with Gasteiger partial charge in [0.1, 0.15) is 5.75 Å². The van der Waals surface area contributed by atoms with Crippen molar-refractivity contribution in [1.29, 1.82) is 0 Å². The summed E-state index contributed by atoms with van der Waals surface area (Å²) in [5.41, 5.74) is 0. The first-order valence-corrected chi connectivity index (χ1v) is 8.41. The second kappa shape index (κ2) is 6.17. The predicted molar refractivity (Wildman–Crippen MR) is 88.3 cm³/mol. The molecule has 1 aliphatic rings. The predicted octanol–water partition coefficient (Wildman–Crippen LogP) is 5.95. The van der Waals surface area contributed by atoms with Crippen molar-refractivity contribution in [3.8, 4) is 5.75 Å². The van der Waals surface area contributed by atoms with Crippen LogP contribution in [-0.4, -0.2) is 6.10 Å². The Morgan fingerprint density at radius 2 is 1.80 bits per heavy atom. The van der Waals surface area contributed by atoms with Gasteiger partial charge in [-0.3, -0.25) is 0 Å². The van der Waals surface area contributed by atoms with E-state index in [0.717, 1.165) is 16.1 Å². The lowest BCUT2D eigenvalue weighted by molar-refractivity contribution is 0.129. The molecular weight excluding hydrogens is 312 g/mol. The van der Waals surface area contributed by atoms with Gasteiger partial charge in [-0.25, -0.2) is 0 Å². The summed E-state index contributed by atoms with van der Waals surface area (Å²) >= 11 is 3.71. The Balaban J connectivity index is 1.76. The van der Waals surface area contributed by atoms with Crippen LogP contribution in [-0.2, 0) is 0 Å². The number of ether oxygens (including phenoxy) is 1. The molecule has 3 rings (SSSR count). The Labute approximate surface area is 129 Å². The van der Waals surface area contributed by atoms with E-state index in [-0.39, 0.29) is 0 Å². The average Bonchev–Trinajstić information content (AvgIpc) is 2.51. The summed E-state index contributed by atoms with van der Waals surface area (Å²) in [6.45, 7) is 2.30. The number of hydrogen-bond acceptors (Lipinski definition) is 1. The molecule has 2 aromatic carbocycles. The number of benzene rings is 2. The zero-order valence-electron chi connectivity index (χ0n) is 11.9. The minimum absolute atomic E-state index is 0.385. The van der Waals surface area contributed by atoms with Crippen LogP contribution in [0.3, 0.4) is 0 Å². The Bertz CT molecular complexity index is 585. The highest BCUT2D eigenvalue weighted by atomic mass is 79.9. The average molecular weight is 333 g/mol. The first-order valence-electron chi connectivity index (χ1n) is 7.62. The van der Waals surface area contributed by atoms with Crippen molar-refractivity contribution < 1.29 is 4.74 Å². The molecule has 20 heavy (non-hydrogen) atoms. The molecule has 0 bridgehead atoms. The fourth-order valence-electron chi connectivity index (χ4n) is 3.14. The van der Waals surface area contributed by atoms with Gasteiger partial charge in [0.25, 0.3) is 0 Å². The summed E-state index contributed by atoms with van der Waals surface area (Å²) in [4.78, 5) is 0. The van der Waals surface area contributed by atoms with Crippen molar-refractivity contribution in [1.82, 2.24) is 0 Å². The molecule has 0 heterocycles. The number of halogens is 1. The molecule has 0 radical (unpaired) electrons. The van der Waals surface area contributed by atoms with Crippen LogP contribution in [0.1, 0.15) is 39.0 Å². The van der Waals surface area contributed by atoms with E-state index < -0.39 is 0 Å². The third-order valence-electron chi connectivity index (χ3n) is 4.49. The molecule has 0 aliphatic heterocycles. The minimum Gasteiger partial charge on any atom is -0.489 e. The molecule has 1 aliphatic carbocycles. The topological polar surface area (TPSA) is 9.23 Å². The van der Waals surface area contributed by atoms with Crippen LogP contribution >= 0.6 is 15.9 Å². The van der Waals surface area contributed by atoms with Gasteiger partial charge in [-0.15, -0.1) is 0 Å². The summed E-state index contributed by atoms with van der Waals surface area (Å²) in [6, 6.07) is 12.7. The molecular formula is C18H21BrO. The fraction of sp³-hybridized carbons (Fsp3) is 0.444. The SMILES string of the molecule is CCC1CCC(Oc2ccc3ccccc3c2Br)CC1. The maximum atomic E-state index is 6.24. The monoisotopic (exact) mass is 332 g/mol. The molecule has 0 atom stereocenters. The quantitative estimate of drug-likeness (QED) is 0.674. The summed E-state index contributed by atoms with van der Waals surface area (Å²) in [6.07, 6.45) is 6.70. The second-order valence-corrected chi connectivity index (χ2v) is 6.56. The Kier molecular flexibility index (Phi) is 4.30. The summed E-state index contributed by atoms with van der Waals surface area (Å²) in [5.74, 6) is 1.90. The van der Waals surface area contributed by atoms with Crippen molar-refractivity contribution >= 4 is 26.7 Å². The Morgan fingerprint density at radius 3 is 2.55 bits per heavy atom. The van der Waals surface area contributed by atoms with E-state index >= 15 is 0 Å². The number of fused-ring (bicyclic) bond motifs is 1. The van der Waals surface area contributed by atoms with Crippen molar-refractivity contribution in [3.63, 3.8) is 0 Å². The standard InChI is InChI=1S/C18H21BrO/c1-2-13-7-10-15(11-8-13)20-17-12-9-14-5-3-4-6-16(14)18(17)19/h3-6,9,12-13,15H,2,7-8,10-11H2,1H3. The van der Waals surface area contributed by atoms with E-state index in [2.05, 4.69) is 59.3 Å². The van der Waals surface area contributed by atoms with E-state index in [1.165, 1.54) is 42.9 Å². The van der Waals surface area contributed by atoms with Gasteiger partial charge in [0.05, 0.1) is 10.6 Å². The summed E-state index contributed by atoms with van der Waals surface area (Å²) < 4.78 is 7.33.